The van der Waals surface area contributed by atoms with Gasteiger partial charge in [0.25, 0.3) is 0 Å². The molecule has 1 rings (SSSR count). The fourth-order valence-corrected chi connectivity index (χ4v) is 1.44. The normalized spacial score (nSPS) is 11.9. The first-order chi connectivity index (χ1) is 8.95. The molecule has 0 bridgehead atoms. The van der Waals surface area contributed by atoms with Gasteiger partial charge in [-0.3, -0.25) is 0 Å². The highest BCUT2D eigenvalue weighted by molar-refractivity contribution is 5.94. The van der Waals surface area contributed by atoms with Crippen LogP contribution in [0.1, 0.15) is 30.1 Å². The van der Waals surface area contributed by atoms with E-state index in [2.05, 4.69) is 10.3 Å². The minimum Gasteiger partial charge on any atom is -0.478 e. The third-order valence-corrected chi connectivity index (χ3v) is 2.57. The number of rotatable bonds is 7. The minimum absolute atomic E-state index is 0.196. The summed E-state index contributed by atoms with van der Waals surface area (Å²) >= 11 is 0. The van der Waals surface area contributed by atoms with Crippen molar-refractivity contribution in [2.75, 3.05) is 11.9 Å². The standard InChI is InChI=1S/C11H15N3O5/c1-2-7(15)3-4-12-9-6-13-10(14(18)19)5-8(9)11(16)17/h5-7,12,15H,2-4H2,1H3,(H,16,17). The number of aliphatic hydroxyl groups excluding tert-OH is 1. The van der Waals surface area contributed by atoms with E-state index in [0.29, 0.717) is 19.4 Å². The predicted molar refractivity (Wildman–Crippen MR) is 67.3 cm³/mol. The number of nitro groups is 1. The Morgan fingerprint density at radius 2 is 2.32 bits per heavy atom. The van der Waals surface area contributed by atoms with Crippen molar-refractivity contribution in [3.05, 3.63) is 27.9 Å². The van der Waals surface area contributed by atoms with E-state index >= 15 is 0 Å². The summed E-state index contributed by atoms with van der Waals surface area (Å²) in [5.74, 6) is -1.79. The number of nitrogens with one attached hydrogen (secondary N) is 1. The van der Waals surface area contributed by atoms with Crippen molar-refractivity contribution < 1.29 is 19.9 Å². The number of carboxylic acids is 1. The van der Waals surface area contributed by atoms with Crippen LogP contribution in [-0.4, -0.2) is 38.7 Å². The van der Waals surface area contributed by atoms with Crippen molar-refractivity contribution in [1.29, 1.82) is 0 Å². The molecule has 0 aromatic carbocycles. The molecule has 3 N–H and O–H groups in total. The molecular formula is C11H15N3O5. The Kier molecular flexibility index (Phi) is 5.19. The fraction of sp³-hybridized carbons (Fsp3) is 0.455. The molecule has 8 nitrogen and oxygen atoms in total. The topological polar surface area (TPSA) is 126 Å². The second-order valence-corrected chi connectivity index (χ2v) is 3.93. The molecule has 1 heterocycles. The lowest BCUT2D eigenvalue weighted by Gasteiger charge is -2.10. The Balaban J connectivity index is 2.82. The van der Waals surface area contributed by atoms with Crippen LogP contribution in [0.5, 0.6) is 0 Å². The van der Waals surface area contributed by atoms with Gasteiger partial charge in [-0.25, -0.2) is 4.79 Å². The number of anilines is 1. The number of aliphatic hydroxyl groups is 1. The molecule has 1 atom stereocenters. The lowest BCUT2D eigenvalue weighted by molar-refractivity contribution is -0.389. The maximum absolute atomic E-state index is 11.0. The van der Waals surface area contributed by atoms with E-state index in [0.717, 1.165) is 12.3 Å². The minimum atomic E-state index is -1.27. The Morgan fingerprint density at radius 1 is 1.63 bits per heavy atom. The molecule has 0 aliphatic heterocycles. The zero-order chi connectivity index (χ0) is 14.4. The quantitative estimate of drug-likeness (QED) is 0.502. The van der Waals surface area contributed by atoms with Crippen LogP contribution < -0.4 is 5.32 Å². The van der Waals surface area contributed by atoms with Crippen molar-refractivity contribution in [1.82, 2.24) is 4.98 Å². The molecule has 1 unspecified atom stereocenters. The molecule has 0 fully saturated rings. The highest BCUT2D eigenvalue weighted by Crippen LogP contribution is 2.19. The van der Waals surface area contributed by atoms with E-state index in [1.165, 1.54) is 0 Å². The summed E-state index contributed by atoms with van der Waals surface area (Å²) in [4.78, 5) is 24.3. The van der Waals surface area contributed by atoms with E-state index in [1.807, 2.05) is 6.92 Å². The highest BCUT2D eigenvalue weighted by Gasteiger charge is 2.18. The van der Waals surface area contributed by atoms with E-state index in [1.54, 1.807) is 0 Å². The Labute approximate surface area is 109 Å². The number of hydrogen-bond donors (Lipinski definition) is 3. The maximum atomic E-state index is 11.0. The van der Waals surface area contributed by atoms with Crippen LogP contribution in [0.15, 0.2) is 12.3 Å². The van der Waals surface area contributed by atoms with Gasteiger partial charge in [0.05, 0.1) is 23.4 Å². The monoisotopic (exact) mass is 269 g/mol. The van der Waals surface area contributed by atoms with Crippen LogP contribution in [0, 0.1) is 10.1 Å². The molecule has 0 amide bonds. The summed E-state index contributed by atoms with van der Waals surface area (Å²) in [7, 11) is 0. The van der Waals surface area contributed by atoms with Crippen LogP contribution >= 0.6 is 0 Å². The lowest BCUT2D eigenvalue weighted by Crippen LogP contribution is -2.14. The van der Waals surface area contributed by atoms with Crippen LogP contribution in [0.4, 0.5) is 11.5 Å². The van der Waals surface area contributed by atoms with Crippen LogP contribution in [-0.2, 0) is 0 Å². The molecule has 8 heteroatoms. The molecule has 0 saturated heterocycles. The van der Waals surface area contributed by atoms with E-state index in [-0.39, 0.29) is 11.3 Å². The maximum Gasteiger partial charge on any atom is 0.364 e. The van der Waals surface area contributed by atoms with Crippen molar-refractivity contribution in [2.45, 2.75) is 25.9 Å². The summed E-state index contributed by atoms with van der Waals surface area (Å²) in [5.41, 5.74) is -0.0194. The Morgan fingerprint density at radius 3 is 2.84 bits per heavy atom. The fourth-order valence-electron chi connectivity index (χ4n) is 1.44. The van der Waals surface area contributed by atoms with Gasteiger partial charge in [0, 0.05) is 6.54 Å². The average Bonchev–Trinajstić information content (AvgIpc) is 2.38. The van der Waals surface area contributed by atoms with Gasteiger partial charge >= 0.3 is 11.8 Å². The molecule has 104 valence electrons. The van der Waals surface area contributed by atoms with Crippen molar-refractivity contribution in [2.24, 2.45) is 0 Å². The van der Waals surface area contributed by atoms with Gasteiger partial charge in [-0.05, 0) is 22.7 Å². The van der Waals surface area contributed by atoms with Crippen LogP contribution in [0.25, 0.3) is 0 Å². The van der Waals surface area contributed by atoms with Gasteiger partial charge in [0.2, 0.25) is 0 Å². The second-order valence-electron chi connectivity index (χ2n) is 3.93. The van der Waals surface area contributed by atoms with Gasteiger partial charge in [-0.15, -0.1) is 0 Å². The molecule has 0 radical (unpaired) electrons. The smallest absolute Gasteiger partial charge is 0.364 e. The molecule has 1 aromatic heterocycles. The Hall–Kier alpha value is -2.22. The summed E-state index contributed by atoms with van der Waals surface area (Å²) in [6.45, 7) is 2.19. The zero-order valence-corrected chi connectivity index (χ0v) is 10.4. The first-order valence-corrected chi connectivity index (χ1v) is 5.75. The average molecular weight is 269 g/mol. The van der Waals surface area contributed by atoms with Crippen molar-refractivity contribution in [3.63, 3.8) is 0 Å². The van der Waals surface area contributed by atoms with Gasteiger partial charge in [0.1, 0.15) is 0 Å². The summed E-state index contributed by atoms with van der Waals surface area (Å²) < 4.78 is 0. The van der Waals surface area contributed by atoms with Crippen molar-refractivity contribution in [3.8, 4) is 0 Å². The largest absolute Gasteiger partial charge is 0.478 e. The van der Waals surface area contributed by atoms with E-state index in [4.69, 9.17) is 5.11 Å². The van der Waals surface area contributed by atoms with Crippen LogP contribution in [0.3, 0.4) is 0 Å². The number of carbonyl (C=O) groups is 1. The van der Waals surface area contributed by atoms with Crippen LogP contribution in [0.2, 0.25) is 0 Å². The lowest BCUT2D eigenvalue weighted by atomic mass is 10.2. The molecular weight excluding hydrogens is 254 g/mol. The number of pyridine rings is 1. The first kappa shape index (κ1) is 14.8. The summed E-state index contributed by atoms with van der Waals surface area (Å²) in [6.07, 6.45) is 1.70. The third-order valence-electron chi connectivity index (χ3n) is 2.57. The number of aromatic nitrogens is 1. The van der Waals surface area contributed by atoms with Gasteiger partial charge in [-0.1, -0.05) is 6.92 Å². The molecule has 0 aliphatic carbocycles. The summed E-state index contributed by atoms with van der Waals surface area (Å²) in [5, 5.41) is 31.7. The highest BCUT2D eigenvalue weighted by atomic mass is 16.6. The third kappa shape index (κ3) is 4.18. The molecule has 0 saturated carbocycles. The van der Waals surface area contributed by atoms with E-state index in [9.17, 15) is 20.0 Å². The predicted octanol–water partition coefficient (Wildman–Crippen LogP) is 1.26. The number of nitrogens with zero attached hydrogens (tertiary/aromatic N) is 2. The number of hydrogen-bond acceptors (Lipinski definition) is 6. The molecule has 19 heavy (non-hydrogen) atoms. The molecule has 0 aliphatic rings. The van der Waals surface area contributed by atoms with Gasteiger partial charge < -0.3 is 25.6 Å². The van der Waals surface area contributed by atoms with Crippen molar-refractivity contribution >= 4 is 17.5 Å². The Bertz CT molecular complexity index is 477. The zero-order valence-electron chi connectivity index (χ0n) is 10.4. The number of aromatic carboxylic acids is 1. The molecule has 1 aromatic rings. The van der Waals surface area contributed by atoms with E-state index < -0.39 is 22.8 Å². The first-order valence-electron chi connectivity index (χ1n) is 5.75. The van der Waals surface area contributed by atoms with Gasteiger partial charge in [-0.2, -0.15) is 0 Å². The van der Waals surface area contributed by atoms with Gasteiger partial charge in [0.15, 0.2) is 6.20 Å². The SMILES string of the molecule is CCC(O)CCNc1cnc([N+](=O)[O-])cc1C(=O)O. The second kappa shape index (κ2) is 6.64. The number of carboxylic acid groups (broad SMARTS) is 1. The summed E-state index contributed by atoms with van der Waals surface area (Å²) in [6, 6.07) is 0.904. The molecule has 0 spiro atoms.